The Kier molecular flexibility index (Phi) is 10.4. The van der Waals surface area contributed by atoms with Gasteiger partial charge in [0.05, 0.1) is 21.2 Å². The average Bonchev–Trinajstić information content (AvgIpc) is 3.14. The van der Waals surface area contributed by atoms with Crippen molar-refractivity contribution in [3.8, 4) is 23.0 Å². The van der Waals surface area contributed by atoms with E-state index in [1.165, 1.54) is 12.1 Å². The fraction of sp³-hybridized carbons (Fsp3) is 0. The van der Waals surface area contributed by atoms with Crippen LogP contribution in [0.4, 0.5) is 0 Å². The minimum Gasteiger partial charge on any atom is -0.872 e. The van der Waals surface area contributed by atoms with Gasteiger partial charge >= 0.3 is 29.0 Å². The number of rotatable bonds is 4. The topological polar surface area (TPSA) is 124 Å². The number of benzene rings is 6. The molecule has 2 heterocycles. The molecule has 11 heteroatoms. The molecule has 0 aliphatic heterocycles. The van der Waals surface area contributed by atoms with E-state index < -0.39 is 11.9 Å². The quantitative estimate of drug-likeness (QED) is 0.0992. The third-order valence-electron chi connectivity index (χ3n) is 7.90. The summed E-state index contributed by atoms with van der Waals surface area (Å²) in [5.74, 6) is -1.67. The van der Waals surface area contributed by atoms with Gasteiger partial charge in [-0.1, -0.05) is 95.4 Å². The molecule has 0 saturated carbocycles. The molecule has 0 amide bonds. The molecule has 8 nitrogen and oxygen atoms in total. The van der Waals surface area contributed by atoms with E-state index in [0.29, 0.717) is 31.9 Å². The van der Waals surface area contributed by atoms with E-state index in [2.05, 4.69) is 9.97 Å². The maximum Gasteiger partial charge on any atom is 2.00 e. The van der Waals surface area contributed by atoms with Crippen LogP contribution in [0.15, 0.2) is 134 Å². The van der Waals surface area contributed by atoms with Gasteiger partial charge in [0.2, 0.25) is 0 Å². The Balaban J connectivity index is 0.000000172. The van der Waals surface area contributed by atoms with E-state index in [1.807, 2.05) is 48.5 Å². The number of halogens is 2. The van der Waals surface area contributed by atoms with Crippen molar-refractivity contribution in [1.29, 1.82) is 0 Å². The summed E-state index contributed by atoms with van der Waals surface area (Å²) in [6.45, 7) is 0. The first kappa shape index (κ1) is 35.1. The van der Waals surface area contributed by atoms with Crippen LogP contribution in [0, 0.1) is 0 Å². The number of fused-ring (bicyclic) bond motifs is 4. The summed E-state index contributed by atoms with van der Waals surface area (Å²) < 4.78 is 10.9. The van der Waals surface area contributed by atoms with E-state index in [9.17, 15) is 19.8 Å². The Morgan fingerprint density at radius 2 is 0.882 bits per heavy atom. The van der Waals surface area contributed by atoms with Gasteiger partial charge in [-0.05, 0) is 82.2 Å². The molecule has 1 radical (unpaired) electrons. The van der Waals surface area contributed by atoms with Crippen LogP contribution >= 0.6 is 23.2 Å². The molecule has 0 bridgehead atoms. The molecule has 253 valence electrons. The molecular formula is C40H22Cl2CuN2O6. The van der Waals surface area contributed by atoms with Crippen molar-refractivity contribution < 1.29 is 46.3 Å². The van der Waals surface area contributed by atoms with Crippen LogP contribution < -0.4 is 19.7 Å². The molecule has 0 atom stereocenters. The van der Waals surface area contributed by atoms with Gasteiger partial charge in [0.1, 0.15) is 11.0 Å². The molecule has 51 heavy (non-hydrogen) atoms. The standard InChI is InChI=1S/2C20H12ClNO3.Cu/c2*21-16-7-8-18(19-14(16)6-3-9-22-19)25-20(24)15-10-12-4-1-2-5-13(12)11-17(15)23;/h2*1-11,23H;/q;;+2/p-2. The first-order valence-electron chi connectivity index (χ1n) is 15.2. The summed E-state index contributed by atoms with van der Waals surface area (Å²) in [6, 6.07) is 34.1. The third kappa shape index (κ3) is 7.29. The summed E-state index contributed by atoms with van der Waals surface area (Å²) >= 11 is 12.3. The number of carbonyl (C=O) groups excluding carboxylic acids is 2. The monoisotopic (exact) mass is 759 g/mol. The number of nitrogens with zero attached hydrogens (tertiary/aromatic N) is 2. The fourth-order valence-electron chi connectivity index (χ4n) is 5.46. The van der Waals surface area contributed by atoms with Crippen molar-refractivity contribution >= 4 is 78.5 Å². The van der Waals surface area contributed by atoms with Gasteiger partial charge in [0.15, 0.2) is 11.5 Å². The molecule has 0 fully saturated rings. The van der Waals surface area contributed by atoms with Crippen LogP contribution in [-0.2, 0) is 17.1 Å². The molecule has 0 N–H and O–H groups in total. The van der Waals surface area contributed by atoms with E-state index >= 15 is 0 Å². The van der Waals surface area contributed by atoms with Crippen LogP contribution in [0.3, 0.4) is 0 Å². The zero-order valence-corrected chi connectivity index (χ0v) is 28.6. The predicted molar refractivity (Wildman–Crippen MR) is 190 cm³/mol. The normalized spacial score (nSPS) is 10.7. The second-order valence-corrected chi connectivity index (χ2v) is 11.9. The van der Waals surface area contributed by atoms with Gasteiger partial charge in [-0.15, -0.1) is 0 Å². The summed E-state index contributed by atoms with van der Waals surface area (Å²) in [5, 5.41) is 30.0. The number of carbonyl (C=O) groups is 2. The number of aromatic nitrogens is 2. The van der Waals surface area contributed by atoms with E-state index in [0.717, 1.165) is 21.5 Å². The van der Waals surface area contributed by atoms with Gasteiger partial charge in [0, 0.05) is 23.2 Å². The summed E-state index contributed by atoms with van der Waals surface area (Å²) in [4.78, 5) is 33.5. The van der Waals surface area contributed by atoms with Crippen LogP contribution in [-0.4, -0.2) is 21.9 Å². The minimum absolute atomic E-state index is 0. The largest absolute Gasteiger partial charge is 2.00 e. The van der Waals surface area contributed by atoms with Crippen molar-refractivity contribution in [3.05, 3.63) is 155 Å². The molecule has 8 aromatic rings. The van der Waals surface area contributed by atoms with Crippen molar-refractivity contribution in [1.82, 2.24) is 9.97 Å². The SMILES string of the molecule is O=C(Oc1ccc(Cl)c2cccnc12)c1cc2ccccc2cc1[O-].O=C(Oc1ccc(Cl)c2cccnc12)c1cc2ccccc2cc1[O-].[Cu+2]. The molecule has 2 aromatic heterocycles. The van der Waals surface area contributed by atoms with Gasteiger partial charge < -0.3 is 19.7 Å². The zero-order chi connectivity index (χ0) is 34.8. The molecule has 6 aromatic carbocycles. The molecule has 0 aliphatic rings. The number of hydrogen-bond donors (Lipinski definition) is 0. The van der Waals surface area contributed by atoms with Crippen LogP contribution in [0.5, 0.6) is 23.0 Å². The summed E-state index contributed by atoms with van der Waals surface area (Å²) in [5.41, 5.74) is 0.906. The Morgan fingerprint density at radius 1 is 0.510 bits per heavy atom. The maximum atomic E-state index is 12.5. The maximum absolute atomic E-state index is 12.5. The van der Waals surface area contributed by atoms with Crippen LogP contribution in [0.1, 0.15) is 20.7 Å². The van der Waals surface area contributed by atoms with E-state index in [4.69, 9.17) is 32.7 Å². The first-order valence-corrected chi connectivity index (χ1v) is 15.9. The molecule has 8 rings (SSSR count). The Bertz CT molecular complexity index is 2440. The van der Waals surface area contributed by atoms with Crippen molar-refractivity contribution in [2.24, 2.45) is 0 Å². The molecule has 0 saturated heterocycles. The van der Waals surface area contributed by atoms with E-state index in [-0.39, 0.29) is 51.2 Å². The first-order chi connectivity index (χ1) is 24.3. The summed E-state index contributed by atoms with van der Waals surface area (Å²) in [6.07, 6.45) is 3.18. The minimum atomic E-state index is -0.718. The second-order valence-electron chi connectivity index (χ2n) is 11.1. The molecule has 0 unspecified atom stereocenters. The zero-order valence-electron chi connectivity index (χ0n) is 26.1. The number of hydrogen-bond acceptors (Lipinski definition) is 8. The average molecular weight is 761 g/mol. The van der Waals surface area contributed by atoms with Crippen molar-refractivity contribution in [2.45, 2.75) is 0 Å². The van der Waals surface area contributed by atoms with Crippen LogP contribution in [0.25, 0.3) is 43.4 Å². The number of pyridine rings is 2. The summed E-state index contributed by atoms with van der Waals surface area (Å²) in [7, 11) is 0. The Hall–Kier alpha value is -5.70. The molecule has 0 aliphatic carbocycles. The van der Waals surface area contributed by atoms with Gasteiger partial charge in [-0.25, -0.2) is 9.59 Å². The van der Waals surface area contributed by atoms with Crippen molar-refractivity contribution in [2.75, 3.05) is 0 Å². The Labute approximate surface area is 311 Å². The predicted octanol–water partition coefficient (Wildman–Crippen LogP) is 8.67. The number of ether oxygens (including phenoxy) is 2. The third-order valence-corrected chi connectivity index (χ3v) is 8.56. The fourth-order valence-corrected chi connectivity index (χ4v) is 5.89. The Morgan fingerprint density at radius 3 is 1.27 bits per heavy atom. The van der Waals surface area contributed by atoms with E-state index in [1.54, 1.807) is 73.1 Å². The number of esters is 2. The van der Waals surface area contributed by atoms with Gasteiger partial charge in [-0.2, -0.15) is 0 Å². The van der Waals surface area contributed by atoms with Crippen LogP contribution in [0.2, 0.25) is 10.0 Å². The molecular weight excluding hydrogens is 739 g/mol. The van der Waals surface area contributed by atoms with Gasteiger partial charge in [-0.3, -0.25) is 9.97 Å². The van der Waals surface area contributed by atoms with Crippen molar-refractivity contribution in [3.63, 3.8) is 0 Å². The molecule has 0 spiro atoms. The second kappa shape index (κ2) is 15.0. The smallest absolute Gasteiger partial charge is 0.872 e. The van der Waals surface area contributed by atoms with Gasteiger partial charge in [0.25, 0.3) is 0 Å².